The van der Waals surface area contributed by atoms with E-state index in [0.29, 0.717) is 11.8 Å². The van der Waals surface area contributed by atoms with E-state index in [-0.39, 0.29) is 34.6 Å². The van der Waals surface area contributed by atoms with Gasteiger partial charge < -0.3 is 4.74 Å². The topological polar surface area (TPSA) is 43.4 Å². The number of carbonyl (C=O) groups is 2. The Labute approximate surface area is 133 Å². The van der Waals surface area contributed by atoms with Crippen LogP contribution in [0.4, 0.5) is 0 Å². The number of carbonyl (C=O) groups excluding carboxylic acids is 2. The molecule has 5 atom stereocenters. The lowest BCUT2D eigenvalue weighted by atomic mass is 9.61. The Morgan fingerprint density at radius 2 is 1.91 bits per heavy atom. The van der Waals surface area contributed by atoms with E-state index >= 15 is 0 Å². The summed E-state index contributed by atoms with van der Waals surface area (Å²) in [6, 6.07) is 0. The van der Waals surface area contributed by atoms with Crippen LogP contribution in [0.5, 0.6) is 0 Å². The maximum absolute atomic E-state index is 12.8. The average molecular weight is 304 g/mol. The lowest BCUT2D eigenvalue weighted by Gasteiger charge is -2.42. The first kappa shape index (κ1) is 15.8. The van der Waals surface area contributed by atoms with Gasteiger partial charge in [-0.25, -0.2) is 0 Å². The number of hydrogen-bond donors (Lipinski definition) is 0. The van der Waals surface area contributed by atoms with E-state index in [1.165, 1.54) is 0 Å². The van der Waals surface area contributed by atoms with Crippen molar-refractivity contribution in [2.45, 2.75) is 60.5 Å². The lowest BCUT2D eigenvalue weighted by Crippen LogP contribution is -2.49. The van der Waals surface area contributed by atoms with E-state index in [0.717, 1.165) is 12.8 Å². The van der Waals surface area contributed by atoms with Gasteiger partial charge in [0.1, 0.15) is 6.10 Å². The molecule has 0 radical (unpaired) electrons. The molecular weight excluding hydrogens is 276 g/mol. The van der Waals surface area contributed by atoms with Crippen LogP contribution in [-0.2, 0) is 14.3 Å². The lowest BCUT2D eigenvalue weighted by molar-refractivity contribution is -0.169. The van der Waals surface area contributed by atoms with Crippen molar-refractivity contribution in [2.75, 3.05) is 0 Å². The summed E-state index contributed by atoms with van der Waals surface area (Å²) in [5, 5.41) is 0. The van der Waals surface area contributed by atoms with E-state index < -0.39 is 5.41 Å². The fourth-order valence-corrected chi connectivity index (χ4v) is 5.96. The molecule has 3 aliphatic carbocycles. The second-order valence-electron chi connectivity index (χ2n) is 8.66. The van der Waals surface area contributed by atoms with Gasteiger partial charge in [-0.3, -0.25) is 9.59 Å². The van der Waals surface area contributed by atoms with E-state index in [2.05, 4.69) is 26.8 Å². The zero-order chi connectivity index (χ0) is 16.5. The second kappa shape index (κ2) is 4.46. The highest BCUT2D eigenvalue weighted by atomic mass is 16.5. The molecule has 3 heteroatoms. The second-order valence-corrected chi connectivity index (χ2v) is 8.66. The van der Waals surface area contributed by atoms with E-state index in [4.69, 9.17) is 4.74 Å². The van der Waals surface area contributed by atoms with Crippen molar-refractivity contribution < 1.29 is 14.3 Å². The Balaban J connectivity index is 2.12. The first-order chi connectivity index (χ1) is 10.1. The summed E-state index contributed by atoms with van der Waals surface area (Å²) in [4.78, 5) is 25.1. The normalized spacial score (nSPS) is 45.2. The Kier molecular flexibility index (Phi) is 3.19. The first-order valence-electron chi connectivity index (χ1n) is 8.54. The molecule has 0 amide bonds. The molecule has 0 aromatic carbocycles. The SMILES string of the molecule is CC(C)C(=O)O[C@@H]1C(C)(C)C2CC[C@@H](C)C23C=CC(=O)[C@@]13C. The summed E-state index contributed by atoms with van der Waals surface area (Å²) in [5.41, 5.74) is -0.929. The standard InChI is InChI=1S/C19H28O3/c1-11(2)15(21)22-16-17(4,5)13-8-7-12(3)19(13)10-9-14(20)18(16,19)6/h9-13,16H,7-8H2,1-6H3/t12-,13?,16-,18+,19?/m1/s1. The van der Waals surface area contributed by atoms with Gasteiger partial charge in [-0.15, -0.1) is 0 Å². The molecule has 0 bridgehead atoms. The quantitative estimate of drug-likeness (QED) is 0.729. The number of hydrogen-bond acceptors (Lipinski definition) is 3. The van der Waals surface area contributed by atoms with Gasteiger partial charge in [0.05, 0.1) is 11.3 Å². The fraction of sp³-hybridized carbons (Fsp3) is 0.789. The van der Waals surface area contributed by atoms with Crippen molar-refractivity contribution >= 4 is 11.8 Å². The van der Waals surface area contributed by atoms with Crippen molar-refractivity contribution in [3.8, 4) is 0 Å². The van der Waals surface area contributed by atoms with Crippen LogP contribution in [0, 0.1) is 34.0 Å². The monoisotopic (exact) mass is 304 g/mol. The highest BCUT2D eigenvalue weighted by Crippen LogP contribution is 2.75. The van der Waals surface area contributed by atoms with Gasteiger partial charge in [0.25, 0.3) is 0 Å². The van der Waals surface area contributed by atoms with Crippen molar-refractivity contribution in [2.24, 2.45) is 34.0 Å². The van der Waals surface area contributed by atoms with Gasteiger partial charge in [-0.1, -0.05) is 40.7 Å². The number of ether oxygens (including phenoxy) is 1. The maximum Gasteiger partial charge on any atom is 0.308 e. The van der Waals surface area contributed by atoms with Crippen molar-refractivity contribution in [1.82, 2.24) is 0 Å². The molecule has 2 saturated carbocycles. The zero-order valence-electron chi connectivity index (χ0n) is 14.6. The number of ketones is 1. The minimum absolute atomic E-state index is 0.137. The van der Waals surface area contributed by atoms with E-state index in [9.17, 15) is 9.59 Å². The molecule has 3 nitrogen and oxygen atoms in total. The van der Waals surface area contributed by atoms with Crippen molar-refractivity contribution in [3.63, 3.8) is 0 Å². The van der Waals surface area contributed by atoms with Crippen LogP contribution in [0.1, 0.15) is 54.4 Å². The van der Waals surface area contributed by atoms with Crippen LogP contribution in [0.3, 0.4) is 0 Å². The summed E-state index contributed by atoms with van der Waals surface area (Å²) in [5.74, 6) is 0.623. The van der Waals surface area contributed by atoms with Crippen LogP contribution in [0.2, 0.25) is 0 Å². The molecule has 2 unspecified atom stereocenters. The molecule has 0 aromatic rings. The van der Waals surface area contributed by atoms with Crippen LogP contribution in [0.25, 0.3) is 0 Å². The van der Waals surface area contributed by atoms with Gasteiger partial charge in [-0.2, -0.15) is 0 Å². The van der Waals surface area contributed by atoms with Crippen LogP contribution >= 0.6 is 0 Å². The summed E-state index contributed by atoms with van der Waals surface area (Å²) < 4.78 is 5.96. The number of esters is 1. The Bertz CT molecular complexity index is 559. The molecular formula is C19H28O3. The number of rotatable bonds is 2. The third-order valence-corrected chi connectivity index (χ3v) is 7.01. The average Bonchev–Trinajstić information content (AvgIpc) is 2.95. The van der Waals surface area contributed by atoms with Crippen molar-refractivity contribution in [1.29, 1.82) is 0 Å². The van der Waals surface area contributed by atoms with E-state index in [1.807, 2.05) is 20.8 Å². The molecule has 0 N–H and O–H groups in total. The predicted octanol–water partition coefficient (Wildman–Crippen LogP) is 3.77. The summed E-state index contributed by atoms with van der Waals surface area (Å²) >= 11 is 0. The van der Waals surface area contributed by atoms with Gasteiger partial charge in [-0.05, 0) is 37.7 Å². The first-order valence-corrected chi connectivity index (χ1v) is 8.54. The minimum Gasteiger partial charge on any atom is -0.460 e. The Hall–Kier alpha value is -1.12. The smallest absolute Gasteiger partial charge is 0.308 e. The van der Waals surface area contributed by atoms with Gasteiger partial charge >= 0.3 is 5.97 Å². The summed E-state index contributed by atoms with van der Waals surface area (Å²) in [6.45, 7) is 12.4. The van der Waals surface area contributed by atoms with Crippen molar-refractivity contribution in [3.05, 3.63) is 12.2 Å². The third kappa shape index (κ3) is 1.53. The van der Waals surface area contributed by atoms with Crippen LogP contribution in [0.15, 0.2) is 12.2 Å². The maximum atomic E-state index is 12.8. The Morgan fingerprint density at radius 3 is 2.50 bits per heavy atom. The molecule has 122 valence electrons. The minimum atomic E-state index is -0.609. The van der Waals surface area contributed by atoms with Gasteiger partial charge in [0.2, 0.25) is 0 Å². The largest absolute Gasteiger partial charge is 0.460 e. The van der Waals surface area contributed by atoms with Gasteiger partial charge in [0, 0.05) is 10.8 Å². The third-order valence-electron chi connectivity index (χ3n) is 7.01. The van der Waals surface area contributed by atoms with Gasteiger partial charge in [0.15, 0.2) is 5.78 Å². The van der Waals surface area contributed by atoms with Crippen LogP contribution in [-0.4, -0.2) is 17.9 Å². The molecule has 0 aromatic heterocycles. The molecule has 3 aliphatic rings. The predicted molar refractivity (Wildman–Crippen MR) is 85.1 cm³/mol. The van der Waals surface area contributed by atoms with Crippen LogP contribution < -0.4 is 0 Å². The molecule has 3 rings (SSSR count). The number of allylic oxidation sites excluding steroid dienone is 2. The molecule has 0 aliphatic heterocycles. The molecule has 2 fully saturated rings. The fourth-order valence-electron chi connectivity index (χ4n) is 5.96. The van der Waals surface area contributed by atoms with E-state index in [1.54, 1.807) is 6.08 Å². The zero-order valence-corrected chi connectivity index (χ0v) is 14.6. The molecule has 1 spiro atoms. The molecule has 22 heavy (non-hydrogen) atoms. The molecule has 0 saturated heterocycles. The highest BCUT2D eigenvalue weighted by molar-refractivity contribution is 6.00. The summed E-state index contributed by atoms with van der Waals surface area (Å²) in [7, 11) is 0. The highest BCUT2D eigenvalue weighted by Gasteiger charge is 2.77. The molecule has 0 heterocycles. The Morgan fingerprint density at radius 1 is 1.27 bits per heavy atom. The summed E-state index contributed by atoms with van der Waals surface area (Å²) in [6.07, 6.45) is 5.82.